The molecule has 0 aromatic heterocycles. The van der Waals surface area contributed by atoms with Gasteiger partial charge in [0, 0.05) is 23.4 Å². The molecule has 2 amide bonds. The van der Waals surface area contributed by atoms with Gasteiger partial charge in [0.25, 0.3) is 0 Å². The van der Waals surface area contributed by atoms with Gasteiger partial charge in [-0.25, -0.2) is 0 Å². The first kappa shape index (κ1) is 25.4. The minimum Gasteiger partial charge on any atom is -0.497 e. The van der Waals surface area contributed by atoms with Crippen LogP contribution < -0.4 is 10.1 Å². The van der Waals surface area contributed by atoms with Gasteiger partial charge < -0.3 is 15.0 Å². The third-order valence-electron chi connectivity index (χ3n) is 6.01. The number of amides is 2. The number of carbonyl (C=O) groups is 2. The van der Waals surface area contributed by atoms with Gasteiger partial charge >= 0.3 is 0 Å². The second-order valence-electron chi connectivity index (χ2n) is 8.51. The van der Waals surface area contributed by atoms with Crippen molar-refractivity contribution in [3.8, 4) is 5.75 Å². The Hall–Kier alpha value is -2.18. The van der Waals surface area contributed by atoms with Crippen LogP contribution in [0.15, 0.2) is 48.5 Å². The molecule has 5 nitrogen and oxygen atoms in total. The minimum atomic E-state index is -0.548. The first-order chi connectivity index (χ1) is 16.0. The molecule has 2 aromatic rings. The van der Waals surface area contributed by atoms with Crippen LogP contribution in [0.25, 0.3) is 0 Å². The maximum atomic E-state index is 13.2. The van der Waals surface area contributed by atoms with Gasteiger partial charge in [-0.15, -0.1) is 11.8 Å². The number of ether oxygens (including phenoxy) is 1. The summed E-state index contributed by atoms with van der Waals surface area (Å²) in [6, 6.07) is 14.9. The Kier molecular flexibility index (Phi) is 9.95. The van der Waals surface area contributed by atoms with E-state index in [1.165, 1.54) is 18.2 Å². The number of thioether (sulfide) groups is 1. The van der Waals surface area contributed by atoms with Crippen molar-refractivity contribution in [1.29, 1.82) is 0 Å². The fourth-order valence-corrected chi connectivity index (χ4v) is 5.12. The topological polar surface area (TPSA) is 58.6 Å². The molecule has 1 N–H and O–H groups in total. The first-order valence-electron chi connectivity index (χ1n) is 11.5. The summed E-state index contributed by atoms with van der Waals surface area (Å²) >= 11 is 7.60. The van der Waals surface area contributed by atoms with Crippen LogP contribution in [0.3, 0.4) is 0 Å². The number of methoxy groups -OCH3 is 1. The molecule has 1 saturated carbocycles. The Balaban J connectivity index is 1.65. The van der Waals surface area contributed by atoms with E-state index in [0.29, 0.717) is 23.1 Å². The zero-order valence-corrected chi connectivity index (χ0v) is 21.0. The van der Waals surface area contributed by atoms with Crippen molar-refractivity contribution < 1.29 is 14.3 Å². The van der Waals surface area contributed by atoms with Crippen molar-refractivity contribution in [2.45, 2.75) is 63.4 Å². The van der Waals surface area contributed by atoms with Gasteiger partial charge in [0.2, 0.25) is 11.8 Å². The predicted molar refractivity (Wildman–Crippen MR) is 136 cm³/mol. The Morgan fingerprint density at radius 1 is 1.12 bits per heavy atom. The van der Waals surface area contributed by atoms with Gasteiger partial charge in [-0.05, 0) is 55.2 Å². The molecule has 1 aliphatic rings. The quantitative estimate of drug-likeness (QED) is 0.483. The Labute approximate surface area is 206 Å². The van der Waals surface area contributed by atoms with Crippen molar-refractivity contribution in [2.24, 2.45) is 0 Å². The van der Waals surface area contributed by atoms with E-state index < -0.39 is 6.04 Å². The summed E-state index contributed by atoms with van der Waals surface area (Å²) in [6.45, 7) is 2.20. The largest absolute Gasteiger partial charge is 0.497 e. The van der Waals surface area contributed by atoms with Crippen LogP contribution in [0.2, 0.25) is 5.02 Å². The zero-order chi connectivity index (χ0) is 23.6. The van der Waals surface area contributed by atoms with Gasteiger partial charge in [0.15, 0.2) is 0 Å². The lowest BCUT2D eigenvalue weighted by Gasteiger charge is -2.31. The van der Waals surface area contributed by atoms with E-state index in [1.54, 1.807) is 12.0 Å². The maximum Gasteiger partial charge on any atom is 0.242 e. The van der Waals surface area contributed by atoms with Gasteiger partial charge in [0.05, 0.1) is 12.9 Å². The number of benzene rings is 2. The summed E-state index contributed by atoms with van der Waals surface area (Å²) in [6.07, 6.45) is 5.55. The Morgan fingerprint density at radius 2 is 1.85 bits per heavy atom. The third-order valence-corrected chi connectivity index (χ3v) is 7.24. The average molecular weight is 489 g/mol. The number of rotatable bonds is 10. The van der Waals surface area contributed by atoms with Crippen molar-refractivity contribution in [3.05, 3.63) is 64.7 Å². The molecule has 0 saturated heterocycles. The monoisotopic (exact) mass is 488 g/mol. The number of halogens is 1. The van der Waals surface area contributed by atoms with Crippen molar-refractivity contribution in [2.75, 3.05) is 12.9 Å². The molecule has 0 heterocycles. The number of hydrogen-bond donors (Lipinski definition) is 1. The van der Waals surface area contributed by atoms with Crippen LogP contribution in [0, 0.1) is 0 Å². The molecule has 3 rings (SSSR count). The number of hydrogen-bond acceptors (Lipinski definition) is 4. The summed E-state index contributed by atoms with van der Waals surface area (Å²) < 4.78 is 5.24. The highest BCUT2D eigenvalue weighted by Crippen LogP contribution is 2.21. The fraction of sp³-hybridized carbons (Fsp3) is 0.462. The highest BCUT2D eigenvalue weighted by atomic mass is 35.5. The first-order valence-corrected chi connectivity index (χ1v) is 13.0. The van der Waals surface area contributed by atoms with Crippen LogP contribution in [0.5, 0.6) is 5.75 Å². The van der Waals surface area contributed by atoms with Crippen molar-refractivity contribution >= 4 is 35.2 Å². The molecule has 0 spiro atoms. The summed E-state index contributed by atoms with van der Waals surface area (Å²) in [5, 5.41) is 3.86. The molecule has 0 radical (unpaired) electrons. The smallest absolute Gasteiger partial charge is 0.242 e. The second-order valence-corrected chi connectivity index (χ2v) is 9.93. The molecule has 0 unspecified atom stereocenters. The second kappa shape index (κ2) is 12.9. The molecule has 0 bridgehead atoms. The van der Waals surface area contributed by atoms with E-state index in [9.17, 15) is 9.59 Å². The Bertz CT molecular complexity index is 916. The van der Waals surface area contributed by atoms with E-state index in [0.717, 1.165) is 42.6 Å². The lowest BCUT2D eigenvalue weighted by molar-refractivity contribution is -0.139. The molecule has 1 fully saturated rings. The predicted octanol–water partition coefficient (Wildman–Crippen LogP) is 5.45. The molecular formula is C26H33ClN2O3S. The van der Waals surface area contributed by atoms with Crippen LogP contribution in [-0.2, 0) is 21.9 Å². The molecule has 33 heavy (non-hydrogen) atoms. The van der Waals surface area contributed by atoms with Crippen LogP contribution in [0.4, 0.5) is 0 Å². The summed E-state index contributed by atoms with van der Waals surface area (Å²) in [4.78, 5) is 28.0. The van der Waals surface area contributed by atoms with E-state index in [4.69, 9.17) is 16.3 Å². The average Bonchev–Trinajstić information content (AvgIpc) is 2.83. The van der Waals surface area contributed by atoms with E-state index in [-0.39, 0.29) is 17.9 Å². The number of nitrogens with one attached hydrogen (secondary N) is 1. The lowest BCUT2D eigenvalue weighted by Crippen LogP contribution is -2.50. The lowest BCUT2D eigenvalue weighted by atomic mass is 9.95. The van der Waals surface area contributed by atoms with E-state index in [1.807, 2.05) is 55.5 Å². The molecule has 1 aliphatic carbocycles. The van der Waals surface area contributed by atoms with Crippen molar-refractivity contribution in [3.63, 3.8) is 0 Å². The standard InChI is InChI=1S/C26H33ClN2O3S/c1-19(26(31)28-23-9-4-3-5-10-23)29(16-20-11-13-24(32-2)14-12-20)25(30)18-33-17-21-7-6-8-22(27)15-21/h6-8,11-15,19,23H,3-5,9-10,16-18H2,1-2H3,(H,28,31)/t19-/m1/s1. The fourth-order valence-electron chi connectivity index (χ4n) is 4.04. The normalized spacial score (nSPS) is 15.0. The Morgan fingerprint density at radius 3 is 2.52 bits per heavy atom. The molecule has 1 atom stereocenters. The van der Waals surface area contributed by atoms with Gasteiger partial charge in [-0.2, -0.15) is 0 Å². The SMILES string of the molecule is COc1ccc(CN(C(=O)CSCc2cccc(Cl)c2)[C@H](C)C(=O)NC2CCCCC2)cc1. The number of nitrogens with zero attached hydrogens (tertiary/aromatic N) is 1. The van der Waals surface area contributed by atoms with Crippen LogP contribution in [-0.4, -0.2) is 41.7 Å². The molecule has 178 valence electrons. The molecule has 2 aromatic carbocycles. The minimum absolute atomic E-state index is 0.0517. The molecule has 0 aliphatic heterocycles. The molecular weight excluding hydrogens is 456 g/mol. The highest BCUT2D eigenvalue weighted by molar-refractivity contribution is 7.99. The summed E-state index contributed by atoms with van der Waals surface area (Å²) in [5.74, 6) is 1.61. The molecule has 7 heteroatoms. The van der Waals surface area contributed by atoms with E-state index in [2.05, 4.69) is 5.32 Å². The van der Waals surface area contributed by atoms with Crippen LogP contribution >= 0.6 is 23.4 Å². The zero-order valence-electron chi connectivity index (χ0n) is 19.4. The summed E-state index contributed by atoms with van der Waals surface area (Å²) in [7, 11) is 1.62. The van der Waals surface area contributed by atoms with Gasteiger partial charge in [-0.1, -0.05) is 55.1 Å². The maximum absolute atomic E-state index is 13.2. The van der Waals surface area contributed by atoms with Crippen molar-refractivity contribution in [1.82, 2.24) is 10.2 Å². The highest BCUT2D eigenvalue weighted by Gasteiger charge is 2.28. The van der Waals surface area contributed by atoms with Gasteiger partial charge in [-0.3, -0.25) is 9.59 Å². The number of carbonyl (C=O) groups excluding carboxylic acids is 2. The third kappa shape index (κ3) is 7.97. The van der Waals surface area contributed by atoms with E-state index >= 15 is 0 Å². The van der Waals surface area contributed by atoms with Crippen LogP contribution in [0.1, 0.15) is 50.2 Å². The van der Waals surface area contributed by atoms with Gasteiger partial charge in [0.1, 0.15) is 11.8 Å². The summed E-state index contributed by atoms with van der Waals surface area (Å²) in [5.41, 5.74) is 2.03.